The number of aryl methyl sites for hydroxylation is 1. The highest BCUT2D eigenvalue weighted by atomic mass is 19.1. The van der Waals surface area contributed by atoms with Crippen LogP contribution in [0.5, 0.6) is 0 Å². The molecule has 0 radical (unpaired) electrons. The number of halogens is 2. The second-order valence-electron chi connectivity index (χ2n) is 7.47. The largest absolute Gasteiger partial charge is 0.339 e. The van der Waals surface area contributed by atoms with Crippen LogP contribution in [0.1, 0.15) is 39.8 Å². The second-order valence-corrected chi connectivity index (χ2v) is 7.47. The summed E-state index contributed by atoms with van der Waals surface area (Å²) < 4.78 is 34.5. The summed E-state index contributed by atoms with van der Waals surface area (Å²) in [5.74, 6) is -1.01. The number of rotatable bonds is 4. The van der Waals surface area contributed by atoms with Gasteiger partial charge in [0.2, 0.25) is 11.7 Å². The van der Waals surface area contributed by atoms with Gasteiger partial charge >= 0.3 is 0 Å². The van der Waals surface area contributed by atoms with Crippen LogP contribution >= 0.6 is 0 Å². The van der Waals surface area contributed by atoms with Crippen molar-refractivity contribution < 1.29 is 18.1 Å². The molecule has 2 atom stereocenters. The summed E-state index contributed by atoms with van der Waals surface area (Å²) in [4.78, 5) is 21.3. The Morgan fingerprint density at radius 2 is 2.10 bits per heavy atom. The van der Waals surface area contributed by atoms with Crippen LogP contribution in [0.25, 0.3) is 17.0 Å². The van der Waals surface area contributed by atoms with Crippen LogP contribution < -0.4 is 5.32 Å². The van der Waals surface area contributed by atoms with Crippen molar-refractivity contribution in [1.29, 1.82) is 0 Å². The molecule has 152 valence electrons. The fraction of sp³-hybridized carbons (Fsp3) is 0.238. The van der Waals surface area contributed by atoms with Gasteiger partial charge in [0.05, 0.1) is 12.1 Å². The number of hydrogen-bond donors (Lipinski definition) is 1. The van der Waals surface area contributed by atoms with Gasteiger partial charge in [-0.3, -0.25) is 9.20 Å². The van der Waals surface area contributed by atoms with E-state index in [1.807, 2.05) is 19.1 Å². The van der Waals surface area contributed by atoms with Gasteiger partial charge in [-0.25, -0.2) is 13.8 Å². The lowest BCUT2D eigenvalue weighted by Gasteiger charge is -2.10. The Labute approximate surface area is 169 Å². The molecule has 0 aliphatic heterocycles. The van der Waals surface area contributed by atoms with E-state index in [1.165, 1.54) is 12.3 Å². The van der Waals surface area contributed by atoms with Crippen molar-refractivity contribution in [2.75, 3.05) is 5.32 Å². The fourth-order valence-electron chi connectivity index (χ4n) is 3.30. The molecule has 1 saturated carbocycles. The van der Waals surface area contributed by atoms with Crippen LogP contribution in [0.4, 0.5) is 14.5 Å². The van der Waals surface area contributed by atoms with E-state index < -0.39 is 17.9 Å². The molecule has 1 aliphatic rings. The first-order valence-electron chi connectivity index (χ1n) is 9.44. The summed E-state index contributed by atoms with van der Waals surface area (Å²) in [6.07, 6.45) is 2.60. The molecular formula is C21H17F2N5O2. The fourth-order valence-corrected chi connectivity index (χ4v) is 3.30. The number of nitrogens with one attached hydrogen (secondary N) is 1. The number of pyridine rings is 1. The molecule has 3 aromatic heterocycles. The zero-order valence-corrected chi connectivity index (χ0v) is 16.2. The molecule has 0 spiro atoms. The highest BCUT2D eigenvalue weighted by molar-refractivity contribution is 6.04. The molecule has 1 aliphatic carbocycles. The van der Waals surface area contributed by atoms with Crippen LogP contribution in [-0.2, 0) is 0 Å². The summed E-state index contributed by atoms with van der Waals surface area (Å²) in [6, 6.07) is 6.55. The van der Waals surface area contributed by atoms with Crippen molar-refractivity contribution in [3.05, 3.63) is 65.2 Å². The van der Waals surface area contributed by atoms with Gasteiger partial charge in [-0.1, -0.05) is 5.16 Å². The Bertz CT molecular complexity index is 1300. The van der Waals surface area contributed by atoms with Crippen LogP contribution in [0.3, 0.4) is 0 Å². The van der Waals surface area contributed by atoms with Gasteiger partial charge in [0.15, 0.2) is 0 Å². The summed E-state index contributed by atoms with van der Waals surface area (Å²) in [7, 11) is 0. The Balaban J connectivity index is 1.46. The second kappa shape index (κ2) is 6.72. The predicted octanol–water partition coefficient (Wildman–Crippen LogP) is 4.22. The number of amides is 1. The molecule has 1 N–H and O–H groups in total. The SMILES string of the molecule is Cc1ccn2c(C(=O)Nc3cc(-c4noc([C@H]5C[C@@H]5F)n4)cc(F)c3C)cnc2c1. The molecule has 0 bridgehead atoms. The van der Waals surface area contributed by atoms with Crippen LogP contribution in [0.2, 0.25) is 0 Å². The zero-order valence-electron chi connectivity index (χ0n) is 16.2. The maximum Gasteiger partial charge on any atom is 0.274 e. The first kappa shape index (κ1) is 18.4. The van der Waals surface area contributed by atoms with E-state index in [0.717, 1.165) is 5.56 Å². The molecule has 5 rings (SSSR count). The van der Waals surface area contributed by atoms with Gasteiger partial charge in [0.25, 0.3) is 5.91 Å². The highest BCUT2D eigenvalue weighted by Crippen LogP contribution is 2.43. The van der Waals surface area contributed by atoms with E-state index in [0.29, 0.717) is 23.3 Å². The topological polar surface area (TPSA) is 85.3 Å². The summed E-state index contributed by atoms with van der Waals surface area (Å²) in [5, 5.41) is 6.56. The maximum atomic E-state index is 14.5. The monoisotopic (exact) mass is 409 g/mol. The number of imidazole rings is 1. The average Bonchev–Trinajstić information content (AvgIpc) is 3.11. The average molecular weight is 409 g/mol. The quantitative estimate of drug-likeness (QED) is 0.546. The molecule has 1 fully saturated rings. The number of benzene rings is 1. The first-order valence-corrected chi connectivity index (χ1v) is 9.44. The van der Waals surface area contributed by atoms with Gasteiger partial charge in [0.1, 0.15) is 23.3 Å². The van der Waals surface area contributed by atoms with Crippen molar-refractivity contribution in [3.63, 3.8) is 0 Å². The molecule has 9 heteroatoms. The van der Waals surface area contributed by atoms with Crippen LogP contribution in [0, 0.1) is 19.7 Å². The van der Waals surface area contributed by atoms with Crippen molar-refractivity contribution >= 4 is 17.2 Å². The van der Waals surface area contributed by atoms with Crippen molar-refractivity contribution in [1.82, 2.24) is 19.5 Å². The number of anilines is 1. The van der Waals surface area contributed by atoms with E-state index in [1.54, 1.807) is 23.6 Å². The Morgan fingerprint density at radius 1 is 1.30 bits per heavy atom. The number of hydrogen-bond acceptors (Lipinski definition) is 5. The van der Waals surface area contributed by atoms with E-state index in [4.69, 9.17) is 4.52 Å². The number of fused-ring (bicyclic) bond motifs is 1. The molecule has 1 aromatic carbocycles. The molecule has 4 aromatic rings. The lowest BCUT2D eigenvalue weighted by Crippen LogP contribution is -2.15. The number of aromatic nitrogens is 4. The minimum absolute atomic E-state index is 0.142. The predicted molar refractivity (Wildman–Crippen MR) is 105 cm³/mol. The number of nitrogens with zero attached hydrogens (tertiary/aromatic N) is 4. The summed E-state index contributed by atoms with van der Waals surface area (Å²) >= 11 is 0. The molecule has 30 heavy (non-hydrogen) atoms. The number of alkyl halides is 1. The smallest absolute Gasteiger partial charge is 0.274 e. The summed E-state index contributed by atoms with van der Waals surface area (Å²) in [5.41, 5.74) is 2.86. The van der Waals surface area contributed by atoms with E-state index >= 15 is 0 Å². The molecule has 0 saturated heterocycles. The van der Waals surface area contributed by atoms with E-state index in [-0.39, 0.29) is 28.9 Å². The van der Waals surface area contributed by atoms with Crippen LogP contribution in [0.15, 0.2) is 41.2 Å². The van der Waals surface area contributed by atoms with E-state index in [9.17, 15) is 13.6 Å². The van der Waals surface area contributed by atoms with Gasteiger partial charge < -0.3 is 9.84 Å². The molecule has 7 nitrogen and oxygen atoms in total. The third-order valence-corrected chi connectivity index (χ3v) is 5.22. The van der Waals surface area contributed by atoms with Crippen molar-refractivity contribution in [3.8, 4) is 11.4 Å². The third-order valence-electron chi connectivity index (χ3n) is 5.22. The minimum atomic E-state index is -0.975. The van der Waals surface area contributed by atoms with Gasteiger partial charge in [0, 0.05) is 23.0 Å². The Kier molecular flexibility index (Phi) is 4.12. The number of carbonyl (C=O) groups is 1. The Morgan fingerprint density at radius 3 is 2.87 bits per heavy atom. The first-order chi connectivity index (χ1) is 14.4. The minimum Gasteiger partial charge on any atom is -0.339 e. The third kappa shape index (κ3) is 3.12. The highest BCUT2D eigenvalue weighted by Gasteiger charge is 2.43. The molecular weight excluding hydrogens is 392 g/mol. The van der Waals surface area contributed by atoms with Crippen molar-refractivity contribution in [2.24, 2.45) is 0 Å². The van der Waals surface area contributed by atoms with Crippen molar-refractivity contribution in [2.45, 2.75) is 32.4 Å². The normalized spacial score (nSPS) is 18.0. The molecule has 0 unspecified atom stereocenters. The lowest BCUT2D eigenvalue weighted by atomic mass is 10.1. The van der Waals surface area contributed by atoms with Gasteiger partial charge in [-0.2, -0.15) is 4.98 Å². The van der Waals surface area contributed by atoms with E-state index in [2.05, 4.69) is 20.4 Å². The lowest BCUT2D eigenvalue weighted by molar-refractivity contribution is 0.102. The zero-order chi connectivity index (χ0) is 21.0. The standard InChI is InChI=1S/C21H17F2N5O2/c1-10-3-4-28-17(9-24-18(28)5-10)20(29)25-16-7-12(6-14(22)11(16)2)19-26-21(30-27-19)13-8-15(13)23/h3-7,9,13,15H,8H2,1-2H3,(H,25,29)/t13-,15-/m0/s1. The number of carbonyl (C=O) groups excluding carboxylic acids is 1. The van der Waals surface area contributed by atoms with Crippen LogP contribution in [-0.4, -0.2) is 31.6 Å². The summed E-state index contributed by atoms with van der Waals surface area (Å²) in [6.45, 7) is 3.50. The Hall–Kier alpha value is -3.62. The van der Waals surface area contributed by atoms with Gasteiger partial charge in [-0.05, 0) is 50.1 Å². The molecule has 3 heterocycles. The van der Waals surface area contributed by atoms with Gasteiger partial charge in [-0.15, -0.1) is 0 Å². The molecule has 1 amide bonds. The maximum absolute atomic E-state index is 14.5.